The molecule has 538 valence electrons. The zero-order valence-electron chi connectivity index (χ0n) is 66.7. The molecule has 0 fully saturated rings. The van der Waals surface area contributed by atoms with Crippen LogP contribution in [-0.2, 0) is 32.5 Å². The molecule has 17 rings (SSSR count). The van der Waals surface area contributed by atoms with Crippen molar-refractivity contribution in [3.8, 4) is 55.9 Å². The summed E-state index contributed by atoms with van der Waals surface area (Å²) in [5, 5.41) is 4.71. The SMILES string of the molecule is [C-]#[N+]c1ccc2c(c1)c1cc(C(C)(C)C)ccc1n2-c1ccc2c(c1)N(c1c(-c3ccccc3)cc(C(C)(C)C)cc1-c1ccccc1)c1cc(C(C)(C)C)cc3c1B2c1ccc(-n2c4ccc(C(C)(C)C)cc4c4cc(C(C)(C)C)ccc42)cc1N3c1c(-c2ccccc2)cc(C(C)(C)C)cc1-c1ccccc1. The minimum absolute atomic E-state index is 0.0679. The molecule has 2 aliphatic rings. The Kier molecular flexibility index (Phi) is 16.4. The lowest BCUT2D eigenvalue weighted by atomic mass is 9.33. The van der Waals surface area contributed by atoms with Gasteiger partial charge < -0.3 is 18.9 Å². The molecule has 15 aromatic rings. The van der Waals surface area contributed by atoms with Crippen molar-refractivity contribution in [1.82, 2.24) is 9.13 Å². The van der Waals surface area contributed by atoms with Crippen LogP contribution >= 0.6 is 0 Å². The van der Waals surface area contributed by atoms with E-state index in [-0.39, 0.29) is 39.2 Å². The standard InChI is InChI=1S/C103H98BN5/c1-98(2,3)68-40-48-87-81(52-68)82-53-69(99(4,5)6)41-49-88(82)106(87)75-44-46-85-91(62-75)108(96-77(64-32-24-20-25-33-64)55-71(101(10,11)12)56-78(96)65-34-26-21-27-35-65)93-59-73(103(16,17)18)60-94-95(93)104(85)86-47-45-76(107-89-50-42-70(100(7,8)9)54-83(89)84-61-74(105-19)43-51-90(84)107)63-92(86)109(94)97-79(66-36-28-22-29-37-66)57-72(102(13,14)15)58-80(97)67-38-30-23-31-39-67/h20-63H,1-18H3. The van der Waals surface area contributed by atoms with E-state index in [9.17, 15) is 0 Å². The van der Waals surface area contributed by atoms with Gasteiger partial charge in [0.25, 0.3) is 6.71 Å². The molecule has 0 saturated carbocycles. The first-order valence-corrected chi connectivity index (χ1v) is 39.0. The first-order chi connectivity index (χ1) is 51.8. The molecule has 5 nitrogen and oxygen atoms in total. The number of anilines is 6. The average Bonchev–Trinajstić information content (AvgIpc) is 1.02. The monoisotopic (exact) mass is 1420 g/mol. The van der Waals surface area contributed by atoms with Crippen LogP contribution in [0.25, 0.3) is 104 Å². The Hall–Kier alpha value is -11.4. The molecular weight excluding hydrogens is 1320 g/mol. The van der Waals surface area contributed by atoms with Crippen LogP contribution in [0.2, 0.25) is 0 Å². The third-order valence-corrected chi connectivity index (χ3v) is 23.4. The molecule has 0 unspecified atom stereocenters. The largest absolute Gasteiger partial charge is 0.310 e. The van der Waals surface area contributed by atoms with Crippen LogP contribution < -0.4 is 26.2 Å². The van der Waals surface area contributed by atoms with Gasteiger partial charge in [-0.25, -0.2) is 4.85 Å². The van der Waals surface area contributed by atoms with Gasteiger partial charge in [-0.1, -0.05) is 282 Å². The molecule has 0 radical (unpaired) electrons. The molecule has 2 aliphatic heterocycles. The molecule has 0 atom stereocenters. The quantitative estimate of drug-likeness (QED) is 0.112. The summed E-state index contributed by atoms with van der Waals surface area (Å²) in [4.78, 5) is 9.50. The number of nitrogens with zero attached hydrogens (tertiary/aromatic N) is 5. The Labute approximate surface area is 646 Å². The van der Waals surface area contributed by atoms with Gasteiger partial charge in [0.2, 0.25) is 0 Å². The van der Waals surface area contributed by atoms with Crippen molar-refractivity contribution in [2.24, 2.45) is 0 Å². The Bertz CT molecular complexity index is 6030. The predicted molar refractivity (Wildman–Crippen MR) is 469 cm³/mol. The Balaban J connectivity index is 1.07. The molecule has 0 saturated heterocycles. The summed E-state index contributed by atoms with van der Waals surface area (Å²) < 4.78 is 5.03. The summed E-state index contributed by atoms with van der Waals surface area (Å²) in [6, 6.07) is 103. The van der Waals surface area contributed by atoms with Gasteiger partial charge in [-0.3, -0.25) is 0 Å². The number of benzene rings is 13. The lowest BCUT2D eigenvalue weighted by Crippen LogP contribution is -2.61. The van der Waals surface area contributed by atoms with Gasteiger partial charge in [0.1, 0.15) is 0 Å². The Morgan fingerprint density at radius 3 is 0.844 bits per heavy atom. The van der Waals surface area contributed by atoms with Gasteiger partial charge in [-0.05, 0) is 219 Å². The normalized spacial score (nSPS) is 13.3. The highest BCUT2D eigenvalue weighted by atomic mass is 15.2. The van der Waals surface area contributed by atoms with Gasteiger partial charge in [-0.2, -0.15) is 0 Å². The number of aromatic nitrogens is 2. The van der Waals surface area contributed by atoms with Crippen molar-refractivity contribution in [1.29, 1.82) is 0 Å². The van der Waals surface area contributed by atoms with Crippen molar-refractivity contribution in [3.63, 3.8) is 0 Å². The highest BCUT2D eigenvalue weighted by Crippen LogP contribution is 2.56. The Morgan fingerprint density at radius 2 is 0.550 bits per heavy atom. The molecule has 0 bridgehead atoms. The second-order valence-electron chi connectivity index (χ2n) is 37.0. The first-order valence-electron chi connectivity index (χ1n) is 39.0. The molecule has 0 N–H and O–H groups in total. The summed E-state index contributed by atoms with van der Waals surface area (Å²) in [5.74, 6) is 0. The first kappa shape index (κ1) is 70.6. The molecular formula is C103H98BN5. The second-order valence-corrected chi connectivity index (χ2v) is 37.0. The van der Waals surface area contributed by atoms with E-state index in [0.29, 0.717) is 5.69 Å². The molecule has 13 aromatic carbocycles. The summed E-state index contributed by atoms with van der Waals surface area (Å²) in [6.45, 7) is 50.2. The van der Waals surface area contributed by atoms with Crippen LogP contribution in [0.4, 0.5) is 39.8 Å². The van der Waals surface area contributed by atoms with Crippen molar-refractivity contribution >= 4 is 107 Å². The lowest BCUT2D eigenvalue weighted by molar-refractivity contribution is 0.590. The molecule has 6 heteroatoms. The lowest BCUT2D eigenvalue weighted by Gasteiger charge is -2.47. The summed E-state index contributed by atoms with van der Waals surface area (Å²) in [6.07, 6.45) is 0. The van der Waals surface area contributed by atoms with Crippen molar-refractivity contribution in [3.05, 3.63) is 312 Å². The smallest absolute Gasteiger partial charge is 0.252 e. The van der Waals surface area contributed by atoms with Crippen molar-refractivity contribution < 1.29 is 0 Å². The average molecular weight is 1420 g/mol. The minimum atomic E-state index is -0.357. The van der Waals surface area contributed by atoms with Gasteiger partial charge in [0, 0.05) is 72.5 Å². The van der Waals surface area contributed by atoms with E-state index >= 15 is 0 Å². The maximum atomic E-state index is 8.34. The van der Waals surface area contributed by atoms with Crippen LogP contribution in [0, 0.1) is 6.57 Å². The number of hydrogen-bond acceptors (Lipinski definition) is 2. The van der Waals surface area contributed by atoms with Crippen LogP contribution in [0.5, 0.6) is 0 Å². The highest BCUT2D eigenvalue weighted by molar-refractivity contribution is 7.00. The van der Waals surface area contributed by atoms with E-state index in [1.165, 1.54) is 71.6 Å². The van der Waals surface area contributed by atoms with E-state index in [2.05, 4.69) is 409 Å². The third-order valence-electron chi connectivity index (χ3n) is 23.4. The minimum Gasteiger partial charge on any atom is -0.310 e. The predicted octanol–water partition coefficient (Wildman–Crippen LogP) is 27.0. The molecule has 0 amide bonds. The highest BCUT2D eigenvalue weighted by Gasteiger charge is 2.47. The topological polar surface area (TPSA) is 20.7 Å². The summed E-state index contributed by atoms with van der Waals surface area (Å²) in [5.41, 5.74) is 33.4. The fraction of sp³-hybridized carbons (Fsp3) is 0.233. The maximum Gasteiger partial charge on any atom is 0.252 e. The number of rotatable bonds is 8. The van der Waals surface area contributed by atoms with Crippen molar-refractivity contribution in [2.75, 3.05) is 9.80 Å². The zero-order chi connectivity index (χ0) is 76.3. The van der Waals surface area contributed by atoms with Gasteiger partial charge in [0.15, 0.2) is 5.69 Å². The fourth-order valence-corrected chi connectivity index (χ4v) is 17.2. The van der Waals surface area contributed by atoms with E-state index < -0.39 is 0 Å². The molecule has 0 spiro atoms. The Morgan fingerprint density at radius 1 is 0.266 bits per heavy atom. The number of hydrogen-bond donors (Lipinski definition) is 0. The van der Waals surface area contributed by atoms with Crippen LogP contribution in [0.1, 0.15) is 158 Å². The summed E-state index contributed by atoms with van der Waals surface area (Å²) >= 11 is 0. The summed E-state index contributed by atoms with van der Waals surface area (Å²) in [7, 11) is 0. The molecule has 0 aliphatic carbocycles. The van der Waals surface area contributed by atoms with Gasteiger partial charge in [0.05, 0.1) is 40.0 Å². The van der Waals surface area contributed by atoms with Crippen LogP contribution in [-0.4, -0.2) is 15.8 Å². The van der Waals surface area contributed by atoms with E-state index in [0.717, 1.165) is 112 Å². The zero-order valence-corrected chi connectivity index (χ0v) is 66.7. The second kappa shape index (κ2) is 25.4. The van der Waals surface area contributed by atoms with Crippen LogP contribution in [0.15, 0.2) is 267 Å². The van der Waals surface area contributed by atoms with E-state index in [1.54, 1.807) is 0 Å². The van der Waals surface area contributed by atoms with E-state index in [1.807, 2.05) is 6.07 Å². The third kappa shape index (κ3) is 12.0. The number of fused-ring (bicyclic) bond motifs is 10. The van der Waals surface area contributed by atoms with Gasteiger partial charge in [-0.15, -0.1) is 0 Å². The molecule has 2 aromatic heterocycles. The van der Waals surface area contributed by atoms with Crippen LogP contribution in [0.3, 0.4) is 0 Å². The van der Waals surface area contributed by atoms with Crippen molar-refractivity contribution in [2.45, 2.75) is 157 Å². The van der Waals surface area contributed by atoms with E-state index in [4.69, 9.17) is 6.57 Å². The fourth-order valence-electron chi connectivity index (χ4n) is 17.2. The molecule has 4 heterocycles. The molecule has 109 heavy (non-hydrogen) atoms. The maximum absolute atomic E-state index is 8.34. The van der Waals surface area contributed by atoms with Gasteiger partial charge >= 0.3 is 0 Å².